The van der Waals surface area contributed by atoms with Gasteiger partial charge in [-0.25, -0.2) is 4.90 Å². The maximum atomic E-state index is 12.7. The van der Waals surface area contributed by atoms with Crippen LogP contribution >= 0.6 is 47.0 Å². The first-order chi connectivity index (χ1) is 15.3. The molecule has 0 saturated carbocycles. The molecule has 0 aromatic heterocycles. The summed E-state index contributed by atoms with van der Waals surface area (Å²) in [6.45, 7) is 0. The Hall–Kier alpha value is -2.97. The predicted octanol–water partition coefficient (Wildman–Crippen LogP) is 5.57. The highest BCUT2D eigenvalue weighted by atomic mass is 35.5. The molecule has 1 aliphatic heterocycles. The Morgan fingerprint density at radius 3 is 2.16 bits per heavy atom. The van der Waals surface area contributed by atoms with E-state index in [0.717, 1.165) is 4.90 Å². The number of nitrogens with one attached hydrogen (secondary N) is 2. The molecule has 0 fully saturated rings. The highest BCUT2D eigenvalue weighted by Gasteiger charge is 2.36. The van der Waals surface area contributed by atoms with Gasteiger partial charge in [-0.2, -0.15) is 0 Å². The summed E-state index contributed by atoms with van der Waals surface area (Å²) in [5, 5.41) is 5.83. The van der Waals surface area contributed by atoms with Crippen LogP contribution in [0.5, 0.6) is 0 Å². The first-order valence-electron chi connectivity index (χ1n) is 9.11. The van der Waals surface area contributed by atoms with E-state index in [2.05, 4.69) is 10.6 Å². The Kier molecular flexibility index (Phi) is 6.17. The average Bonchev–Trinajstić information content (AvgIpc) is 3.02. The Labute approximate surface area is 203 Å². The van der Waals surface area contributed by atoms with Gasteiger partial charge in [0.15, 0.2) is 5.11 Å². The van der Waals surface area contributed by atoms with Gasteiger partial charge in [0.2, 0.25) is 0 Å². The van der Waals surface area contributed by atoms with Crippen molar-refractivity contribution in [2.24, 2.45) is 0 Å². The second-order valence-corrected chi connectivity index (χ2v) is 8.27. The van der Waals surface area contributed by atoms with E-state index in [0.29, 0.717) is 22.5 Å². The van der Waals surface area contributed by atoms with Crippen LogP contribution in [0.1, 0.15) is 31.1 Å². The second-order valence-electron chi connectivity index (χ2n) is 6.67. The Bertz CT molecular complexity index is 1280. The predicted molar refractivity (Wildman–Crippen MR) is 129 cm³/mol. The number of thiocarbonyl (C=S) groups is 1. The lowest BCUT2D eigenvalue weighted by Gasteiger charge is -2.17. The number of imide groups is 1. The monoisotopic (exact) mass is 503 g/mol. The minimum Gasteiger partial charge on any atom is -0.331 e. The third-order valence-electron chi connectivity index (χ3n) is 4.67. The summed E-state index contributed by atoms with van der Waals surface area (Å²) in [4.78, 5) is 39.0. The molecule has 1 heterocycles. The molecule has 0 spiro atoms. The maximum absolute atomic E-state index is 12.7. The minimum atomic E-state index is -0.567. The molecule has 160 valence electrons. The number of anilines is 2. The number of hydrogen-bond acceptors (Lipinski definition) is 4. The molecular weight excluding hydrogens is 493 g/mol. The van der Waals surface area contributed by atoms with E-state index in [1.807, 2.05) is 0 Å². The van der Waals surface area contributed by atoms with Crippen molar-refractivity contribution in [3.8, 4) is 0 Å². The van der Waals surface area contributed by atoms with Crippen LogP contribution < -0.4 is 15.5 Å². The van der Waals surface area contributed by atoms with E-state index in [1.165, 1.54) is 18.2 Å². The first-order valence-corrected chi connectivity index (χ1v) is 10.7. The van der Waals surface area contributed by atoms with Crippen molar-refractivity contribution in [3.63, 3.8) is 0 Å². The smallest absolute Gasteiger partial charge is 0.266 e. The normalized spacial score (nSPS) is 12.5. The number of nitrogens with zero attached hydrogens (tertiary/aromatic N) is 1. The van der Waals surface area contributed by atoms with Crippen molar-refractivity contribution >= 4 is 81.2 Å². The van der Waals surface area contributed by atoms with Gasteiger partial charge in [0.1, 0.15) is 0 Å². The van der Waals surface area contributed by atoms with Gasteiger partial charge in [0, 0.05) is 0 Å². The number of fused-ring (bicyclic) bond motifs is 1. The zero-order valence-electron chi connectivity index (χ0n) is 16.0. The van der Waals surface area contributed by atoms with E-state index in [4.69, 9.17) is 47.0 Å². The van der Waals surface area contributed by atoms with Gasteiger partial charge in [0.25, 0.3) is 17.7 Å². The Morgan fingerprint density at radius 1 is 0.844 bits per heavy atom. The van der Waals surface area contributed by atoms with E-state index in [9.17, 15) is 14.4 Å². The minimum absolute atomic E-state index is 0.0625. The van der Waals surface area contributed by atoms with Crippen LogP contribution in [0.15, 0.2) is 60.7 Å². The van der Waals surface area contributed by atoms with Crippen molar-refractivity contribution in [2.75, 3.05) is 10.2 Å². The lowest BCUT2D eigenvalue weighted by molar-refractivity contribution is 0.0924. The fourth-order valence-corrected chi connectivity index (χ4v) is 3.93. The van der Waals surface area contributed by atoms with Crippen molar-refractivity contribution < 1.29 is 14.4 Å². The Morgan fingerprint density at radius 2 is 1.50 bits per heavy atom. The molecule has 4 rings (SSSR count). The lowest BCUT2D eigenvalue weighted by Crippen LogP contribution is -2.34. The van der Waals surface area contributed by atoms with Crippen molar-refractivity contribution in [2.45, 2.75) is 0 Å². The number of carbonyl (C=O) groups is 3. The number of benzene rings is 3. The number of rotatable bonds is 3. The fraction of sp³-hybridized carbons (Fsp3) is 0. The molecule has 10 heteroatoms. The number of halogens is 3. The van der Waals surface area contributed by atoms with E-state index in [-0.39, 0.29) is 25.7 Å². The molecule has 0 radical (unpaired) electrons. The van der Waals surface area contributed by atoms with Crippen molar-refractivity contribution in [3.05, 3.63) is 92.4 Å². The summed E-state index contributed by atoms with van der Waals surface area (Å²) >= 11 is 23.5. The second kappa shape index (κ2) is 8.88. The fourth-order valence-electron chi connectivity index (χ4n) is 3.18. The van der Waals surface area contributed by atoms with E-state index in [1.54, 1.807) is 42.5 Å². The number of carbonyl (C=O) groups excluding carboxylic acids is 3. The summed E-state index contributed by atoms with van der Waals surface area (Å²) in [5.74, 6) is -1.45. The van der Waals surface area contributed by atoms with Crippen molar-refractivity contribution in [1.29, 1.82) is 0 Å². The molecule has 0 bridgehead atoms. The van der Waals surface area contributed by atoms with Crippen molar-refractivity contribution in [1.82, 2.24) is 5.32 Å². The molecule has 0 unspecified atom stereocenters. The van der Waals surface area contributed by atoms with Crippen LogP contribution in [-0.4, -0.2) is 22.8 Å². The molecule has 3 amide bonds. The maximum Gasteiger partial charge on any atom is 0.266 e. The Balaban J connectivity index is 1.54. The molecule has 0 aliphatic carbocycles. The third kappa shape index (κ3) is 4.08. The topological polar surface area (TPSA) is 78.5 Å². The van der Waals surface area contributed by atoms with Crippen LogP contribution in [0.4, 0.5) is 11.4 Å². The quantitative estimate of drug-likeness (QED) is 0.360. The molecule has 6 nitrogen and oxygen atoms in total. The van der Waals surface area contributed by atoms with Crippen LogP contribution in [0.25, 0.3) is 0 Å². The standard InChI is InChI=1S/C22H12Cl3N3O3S/c23-15-9-8-11(28-20(30)12-4-1-2-5-13(12)21(28)31)10-17(15)26-22(32)27-19(29)14-6-3-7-16(24)18(14)25/h1-10H,(H2,26,27,29,32). The summed E-state index contributed by atoms with van der Waals surface area (Å²) in [7, 11) is 0. The molecule has 32 heavy (non-hydrogen) atoms. The van der Waals surface area contributed by atoms with Gasteiger partial charge in [-0.15, -0.1) is 0 Å². The number of amides is 3. The van der Waals surface area contributed by atoms with Crippen LogP contribution in [-0.2, 0) is 0 Å². The van der Waals surface area contributed by atoms with Gasteiger partial charge >= 0.3 is 0 Å². The summed E-state index contributed by atoms with van der Waals surface area (Å²) in [6, 6.07) is 15.8. The molecule has 3 aromatic carbocycles. The molecule has 0 saturated heterocycles. The van der Waals surface area contributed by atoms with E-state index < -0.39 is 17.7 Å². The zero-order chi connectivity index (χ0) is 23.0. The molecule has 0 atom stereocenters. The highest BCUT2D eigenvalue weighted by Crippen LogP contribution is 2.33. The highest BCUT2D eigenvalue weighted by molar-refractivity contribution is 7.80. The summed E-state index contributed by atoms with van der Waals surface area (Å²) in [6.07, 6.45) is 0. The van der Waals surface area contributed by atoms with E-state index >= 15 is 0 Å². The lowest BCUT2D eigenvalue weighted by atomic mass is 10.1. The van der Waals surface area contributed by atoms with Gasteiger partial charge < -0.3 is 5.32 Å². The zero-order valence-corrected chi connectivity index (χ0v) is 19.1. The van der Waals surface area contributed by atoms with Gasteiger partial charge in [0.05, 0.1) is 43.1 Å². The van der Waals surface area contributed by atoms with Gasteiger partial charge in [-0.3, -0.25) is 19.7 Å². The largest absolute Gasteiger partial charge is 0.331 e. The average molecular weight is 505 g/mol. The SMILES string of the molecule is O=C(NC(=S)Nc1cc(N2C(=O)c3ccccc3C2=O)ccc1Cl)c1cccc(Cl)c1Cl. The molecule has 2 N–H and O–H groups in total. The third-order valence-corrected chi connectivity index (χ3v) is 6.03. The van der Waals surface area contributed by atoms with Crippen LogP contribution in [0.3, 0.4) is 0 Å². The number of hydrogen-bond donors (Lipinski definition) is 2. The summed E-state index contributed by atoms with van der Waals surface area (Å²) < 4.78 is 0. The van der Waals surface area contributed by atoms with Crippen LogP contribution in [0.2, 0.25) is 15.1 Å². The molecular formula is C22H12Cl3N3O3S. The van der Waals surface area contributed by atoms with Crippen LogP contribution in [0, 0.1) is 0 Å². The summed E-state index contributed by atoms with van der Waals surface area (Å²) in [5.41, 5.74) is 1.39. The molecule has 3 aromatic rings. The van der Waals surface area contributed by atoms with Gasteiger partial charge in [-0.1, -0.05) is 53.0 Å². The molecule has 1 aliphatic rings. The van der Waals surface area contributed by atoms with Gasteiger partial charge in [-0.05, 0) is 54.7 Å². The first kappa shape index (κ1) is 22.2.